The van der Waals surface area contributed by atoms with Gasteiger partial charge in [-0.05, 0) is 0 Å². The molecule has 0 saturated carbocycles. The van der Waals surface area contributed by atoms with Gasteiger partial charge in [0.1, 0.15) is 0 Å². The van der Waals surface area contributed by atoms with Gasteiger partial charge in [-0.25, -0.2) is 9.59 Å². The molecular weight excluding hydrogens is 234 g/mol. The van der Waals surface area contributed by atoms with Gasteiger partial charge in [0.15, 0.2) is 0 Å². The Hall–Kier alpha value is -1.58. The maximum Gasteiger partial charge on any atom is 0.338 e. The van der Waals surface area contributed by atoms with Crippen LogP contribution in [0.15, 0.2) is 17.9 Å². The van der Waals surface area contributed by atoms with Gasteiger partial charge in [-0.2, -0.15) is 0 Å². The summed E-state index contributed by atoms with van der Waals surface area (Å²) in [6.45, 7) is 2.62. The number of hydrogen-bond donors (Lipinski definition) is 0. The quantitative estimate of drug-likeness (QED) is 0.362. The number of carbonyl (C=O) groups excluding carboxylic acids is 2. The van der Waals surface area contributed by atoms with Crippen molar-refractivity contribution in [3.05, 3.63) is 17.9 Å². The van der Waals surface area contributed by atoms with Crippen molar-refractivity contribution in [1.82, 2.24) is 0 Å². The minimum Gasteiger partial charge on any atom is -0.462 e. The largest absolute Gasteiger partial charge is 0.462 e. The number of rotatable bonds is 0. The first kappa shape index (κ1) is 14.5. The summed E-state index contributed by atoms with van der Waals surface area (Å²) in [5.41, 5.74) is 2.45. The zero-order valence-electron chi connectivity index (χ0n) is 11.0. The molecule has 0 atom stereocenters. The van der Waals surface area contributed by atoms with Gasteiger partial charge in [-0.3, -0.25) is 0 Å². The number of ether oxygens (including phenoxy) is 2. The molecular formula is C13H20NO4+. The highest BCUT2D eigenvalue weighted by molar-refractivity contribution is 5.85. The molecule has 0 aliphatic carbocycles. The number of nitrogens with zero attached hydrogens (tertiary/aromatic N) is 1. The van der Waals surface area contributed by atoms with Crippen molar-refractivity contribution in [2.45, 2.75) is 12.8 Å². The van der Waals surface area contributed by atoms with E-state index in [4.69, 9.17) is 9.47 Å². The maximum atomic E-state index is 11.2. The molecule has 1 heterocycles. The average Bonchev–Trinajstić information content (AvgIpc) is 2.30. The molecule has 5 heteroatoms. The molecule has 0 aromatic carbocycles. The van der Waals surface area contributed by atoms with Crippen molar-refractivity contribution in [2.75, 3.05) is 40.4 Å². The topological polar surface area (TPSA) is 52.6 Å². The Morgan fingerprint density at radius 2 is 1.44 bits per heavy atom. The summed E-state index contributed by atoms with van der Waals surface area (Å²) in [5.74, 6) is -0.970. The van der Waals surface area contributed by atoms with Crippen LogP contribution in [0.1, 0.15) is 12.8 Å². The van der Waals surface area contributed by atoms with Crippen molar-refractivity contribution in [3.63, 3.8) is 0 Å². The maximum absolute atomic E-state index is 11.2. The van der Waals surface area contributed by atoms with Crippen LogP contribution in [-0.4, -0.2) is 56.8 Å². The van der Waals surface area contributed by atoms with Crippen molar-refractivity contribution >= 4 is 11.9 Å². The van der Waals surface area contributed by atoms with E-state index in [0.29, 0.717) is 13.2 Å². The van der Waals surface area contributed by atoms with Gasteiger partial charge in [0.25, 0.3) is 0 Å². The third-order valence-corrected chi connectivity index (χ3v) is 2.71. The zero-order valence-corrected chi connectivity index (χ0v) is 11.0. The molecule has 0 aromatic heterocycles. The minimum absolute atomic E-state index is 0.392. The SMILES string of the molecule is C[N+]1(C)CCCOC(=O)C=C=CC(=O)OCCC1. The number of esters is 2. The van der Waals surface area contributed by atoms with E-state index < -0.39 is 11.9 Å². The van der Waals surface area contributed by atoms with Gasteiger partial charge >= 0.3 is 11.9 Å². The molecule has 0 aromatic rings. The second-order valence-electron chi connectivity index (χ2n) is 4.88. The highest BCUT2D eigenvalue weighted by Gasteiger charge is 2.15. The Labute approximate surface area is 107 Å². The Kier molecular flexibility index (Phi) is 5.62. The number of quaternary nitrogens is 1. The lowest BCUT2D eigenvalue weighted by Crippen LogP contribution is -2.42. The monoisotopic (exact) mass is 254 g/mol. The lowest BCUT2D eigenvalue weighted by molar-refractivity contribution is -0.890. The predicted molar refractivity (Wildman–Crippen MR) is 65.6 cm³/mol. The predicted octanol–water partition coefficient (Wildman–Crippen LogP) is 0.654. The van der Waals surface area contributed by atoms with E-state index in [1.54, 1.807) is 0 Å². The van der Waals surface area contributed by atoms with E-state index in [0.717, 1.165) is 42.6 Å². The summed E-state index contributed by atoms with van der Waals surface area (Å²) >= 11 is 0. The lowest BCUT2D eigenvalue weighted by atomic mass is 10.3. The van der Waals surface area contributed by atoms with E-state index in [9.17, 15) is 9.59 Å². The second kappa shape index (κ2) is 6.99. The van der Waals surface area contributed by atoms with Crippen molar-refractivity contribution in [2.24, 2.45) is 0 Å². The van der Waals surface area contributed by atoms with Crippen LogP contribution in [0, 0.1) is 0 Å². The average molecular weight is 254 g/mol. The van der Waals surface area contributed by atoms with Gasteiger partial charge < -0.3 is 14.0 Å². The Morgan fingerprint density at radius 1 is 1.00 bits per heavy atom. The molecule has 1 rings (SSSR count). The van der Waals surface area contributed by atoms with Gasteiger partial charge in [-0.1, -0.05) is 0 Å². The Bertz CT molecular complexity index is 337. The summed E-state index contributed by atoms with van der Waals surface area (Å²) in [4.78, 5) is 22.4. The third-order valence-electron chi connectivity index (χ3n) is 2.71. The molecule has 0 amide bonds. The molecule has 0 unspecified atom stereocenters. The molecule has 1 aliphatic heterocycles. The minimum atomic E-state index is -0.485. The first-order chi connectivity index (χ1) is 8.49. The fourth-order valence-electron chi connectivity index (χ4n) is 1.70. The molecule has 0 spiro atoms. The summed E-state index contributed by atoms with van der Waals surface area (Å²) in [7, 11) is 4.21. The van der Waals surface area contributed by atoms with E-state index in [2.05, 4.69) is 19.8 Å². The molecule has 100 valence electrons. The molecule has 0 radical (unpaired) electrons. The fraction of sp³-hybridized carbons (Fsp3) is 0.615. The van der Waals surface area contributed by atoms with E-state index >= 15 is 0 Å². The smallest absolute Gasteiger partial charge is 0.338 e. The second-order valence-corrected chi connectivity index (χ2v) is 4.88. The van der Waals surface area contributed by atoms with Crippen LogP contribution >= 0.6 is 0 Å². The van der Waals surface area contributed by atoms with E-state index in [1.165, 1.54) is 0 Å². The highest BCUT2D eigenvalue weighted by atomic mass is 16.5. The van der Waals surface area contributed by atoms with Gasteiger partial charge in [-0.15, -0.1) is 5.73 Å². The third kappa shape index (κ3) is 6.23. The van der Waals surface area contributed by atoms with Gasteiger partial charge in [0.05, 0.1) is 52.6 Å². The van der Waals surface area contributed by atoms with Crippen molar-refractivity contribution < 1.29 is 23.5 Å². The summed E-state index contributed by atoms with van der Waals surface area (Å²) in [6.07, 6.45) is 3.84. The van der Waals surface area contributed by atoms with Crippen molar-refractivity contribution in [3.8, 4) is 0 Å². The molecule has 0 saturated heterocycles. The van der Waals surface area contributed by atoms with Gasteiger partial charge in [0, 0.05) is 12.8 Å². The van der Waals surface area contributed by atoms with Crippen molar-refractivity contribution in [1.29, 1.82) is 0 Å². The molecule has 5 nitrogen and oxygen atoms in total. The molecule has 0 N–H and O–H groups in total. The molecule has 18 heavy (non-hydrogen) atoms. The van der Waals surface area contributed by atoms with Crippen LogP contribution in [0.5, 0.6) is 0 Å². The fourth-order valence-corrected chi connectivity index (χ4v) is 1.70. The number of hydrogen-bond acceptors (Lipinski definition) is 4. The van der Waals surface area contributed by atoms with Crippen LogP contribution in [0.2, 0.25) is 0 Å². The Balaban J connectivity index is 2.60. The molecule has 0 fully saturated rings. The first-order valence-electron chi connectivity index (χ1n) is 6.08. The first-order valence-corrected chi connectivity index (χ1v) is 6.08. The van der Waals surface area contributed by atoms with E-state index in [1.807, 2.05) is 0 Å². The zero-order chi connectivity index (χ0) is 13.4. The van der Waals surface area contributed by atoms with E-state index in [-0.39, 0.29) is 0 Å². The van der Waals surface area contributed by atoms with Crippen LogP contribution in [-0.2, 0) is 19.1 Å². The number of cyclic esters (lactones) is 2. The van der Waals surface area contributed by atoms with Crippen LogP contribution < -0.4 is 0 Å². The summed E-state index contributed by atoms with van der Waals surface area (Å²) in [6, 6.07) is 0. The van der Waals surface area contributed by atoms with Crippen LogP contribution in [0.4, 0.5) is 0 Å². The number of carbonyl (C=O) groups is 2. The molecule has 0 bridgehead atoms. The van der Waals surface area contributed by atoms with Gasteiger partial charge in [0.2, 0.25) is 0 Å². The highest BCUT2D eigenvalue weighted by Crippen LogP contribution is 2.03. The normalized spacial score (nSPS) is 21.9. The lowest BCUT2D eigenvalue weighted by Gasteiger charge is -2.29. The molecule has 1 aliphatic rings. The van der Waals surface area contributed by atoms with Crippen LogP contribution in [0.3, 0.4) is 0 Å². The van der Waals surface area contributed by atoms with Crippen LogP contribution in [0.25, 0.3) is 0 Å². The summed E-state index contributed by atoms with van der Waals surface area (Å²) < 4.78 is 10.8. The standard InChI is InChI=1S/C13H20NO4/c1-14(2)8-4-10-17-12(15)6-3-7-13(16)18-11-5-9-14/h6-7H,4-5,8-11H2,1-2H3/q+1. The Morgan fingerprint density at radius 3 is 1.89 bits per heavy atom. The summed E-state index contributed by atoms with van der Waals surface area (Å²) in [5, 5.41) is 0.